The molecule has 0 aliphatic carbocycles. The molecule has 92 valence electrons. The average Bonchev–Trinajstić information content (AvgIpc) is 2.32. The summed E-state index contributed by atoms with van der Waals surface area (Å²) < 4.78 is 17.9. The molecule has 0 fully saturated rings. The molecule has 1 rings (SSSR count). The van der Waals surface area contributed by atoms with E-state index in [-0.39, 0.29) is 18.2 Å². The summed E-state index contributed by atoms with van der Waals surface area (Å²) in [5.74, 6) is -0.572. The van der Waals surface area contributed by atoms with Gasteiger partial charge in [-0.2, -0.15) is 0 Å². The van der Waals surface area contributed by atoms with Crippen LogP contribution in [0.5, 0.6) is 5.75 Å². The van der Waals surface area contributed by atoms with Crippen molar-refractivity contribution >= 4 is 11.6 Å². The second kappa shape index (κ2) is 6.65. The smallest absolute Gasteiger partial charge is 0.238 e. The van der Waals surface area contributed by atoms with Gasteiger partial charge in [0.1, 0.15) is 0 Å². The van der Waals surface area contributed by atoms with Gasteiger partial charge < -0.3 is 15.4 Å². The lowest BCUT2D eigenvalue weighted by Crippen LogP contribution is -2.28. The maximum Gasteiger partial charge on any atom is 0.238 e. The van der Waals surface area contributed by atoms with Crippen molar-refractivity contribution in [3.63, 3.8) is 0 Å². The summed E-state index contributed by atoms with van der Waals surface area (Å²) in [6, 6.07) is 4.15. The number of benzene rings is 1. The lowest BCUT2D eigenvalue weighted by molar-refractivity contribution is -0.115. The molecule has 2 N–H and O–H groups in total. The van der Waals surface area contributed by atoms with Crippen LogP contribution in [-0.2, 0) is 4.79 Å². The number of hydrogen-bond donors (Lipinski definition) is 2. The van der Waals surface area contributed by atoms with Gasteiger partial charge in [-0.1, -0.05) is 6.08 Å². The summed E-state index contributed by atoms with van der Waals surface area (Å²) in [4.78, 5) is 11.4. The topological polar surface area (TPSA) is 50.4 Å². The zero-order chi connectivity index (χ0) is 12.7. The minimum absolute atomic E-state index is 0.0989. The summed E-state index contributed by atoms with van der Waals surface area (Å²) in [5, 5.41) is 5.48. The van der Waals surface area contributed by atoms with E-state index in [2.05, 4.69) is 17.2 Å². The molecule has 0 heterocycles. The molecule has 0 atom stereocenters. The van der Waals surface area contributed by atoms with Crippen LogP contribution in [0, 0.1) is 5.82 Å². The molecular formula is C12H15FN2O2. The molecule has 5 heteroatoms. The Morgan fingerprint density at radius 2 is 2.35 bits per heavy atom. The fraction of sp³-hybridized carbons (Fsp3) is 0.250. The van der Waals surface area contributed by atoms with Gasteiger partial charge in [0.15, 0.2) is 11.6 Å². The highest BCUT2D eigenvalue weighted by molar-refractivity contribution is 5.92. The third kappa shape index (κ3) is 4.24. The minimum atomic E-state index is -0.463. The molecule has 0 radical (unpaired) electrons. The molecule has 4 nitrogen and oxygen atoms in total. The number of hydrogen-bond acceptors (Lipinski definition) is 3. The molecule has 1 aromatic rings. The van der Waals surface area contributed by atoms with Gasteiger partial charge in [0.2, 0.25) is 5.91 Å². The predicted molar refractivity (Wildman–Crippen MR) is 64.6 cm³/mol. The highest BCUT2D eigenvalue weighted by atomic mass is 19.1. The number of nitrogens with one attached hydrogen (secondary N) is 2. The third-order valence-electron chi connectivity index (χ3n) is 2.01. The maximum atomic E-state index is 13.1. The number of carbonyl (C=O) groups excluding carboxylic acids is 1. The van der Waals surface area contributed by atoms with Crippen LogP contribution in [0.15, 0.2) is 30.9 Å². The fourth-order valence-corrected chi connectivity index (χ4v) is 1.23. The number of methoxy groups -OCH3 is 1. The number of amides is 1. The second-order valence-corrected chi connectivity index (χ2v) is 3.32. The van der Waals surface area contributed by atoms with Crippen LogP contribution >= 0.6 is 0 Å². The molecule has 0 aliphatic rings. The highest BCUT2D eigenvalue weighted by Gasteiger charge is 2.06. The van der Waals surface area contributed by atoms with Crippen molar-refractivity contribution in [1.29, 1.82) is 0 Å². The zero-order valence-electron chi connectivity index (χ0n) is 9.63. The second-order valence-electron chi connectivity index (χ2n) is 3.32. The van der Waals surface area contributed by atoms with Crippen LogP contribution in [0.4, 0.5) is 10.1 Å². The van der Waals surface area contributed by atoms with Gasteiger partial charge in [0.05, 0.1) is 13.7 Å². The van der Waals surface area contributed by atoms with Crippen molar-refractivity contribution in [3.05, 3.63) is 36.7 Å². The third-order valence-corrected chi connectivity index (χ3v) is 2.01. The van der Waals surface area contributed by atoms with E-state index >= 15 is 0 Å². The van der Waals surface area contributed by atoms with E-state index in [9.17, 15) is 9.18 Å². The molecule has 0 saturated heterocycles. The summed E-state index contributed by atoms with van der Waals surface area (Å²) in [7, 11) is 1.37. The normalized spacial score (nSPS) is 9.76. The van der Waals surface area contributed by atoms with Crippen LogP contribution in [0.25, 0.3) is 0 Å². The Morgan fingerprint density at radius 1 is 1.59 bits per heavy atom. The van der Waals surface area contributed by atoms with Crippen molar-refractivity contribution in [2.45, 2.75) is 0 Å². The Morgan fingerprint density at radius 3 is 3.00 bits per heavy atom. The van der Waals surface area contributed by atoms with Crippen molar-refractivity contribution in [2.24, 2.45) is 0 Å². The molecule has 0 saturated carbocycles. The maximum absolute atomic E-state index is 13.1. The first-order valence-electron chi connectivity index (χ1n) is 5.12. The Kier molecular flexibility index (Phi) is 5.16. The van der Waals surface area contributed by atoms with Crippen molar-refractivity contribution in [3.8, 4) is 5.75 Å². The monoisotopic (exact) mass is 238 g/mol. The Hall–Kier alpha value is -1.88. The molecule has 1 aromatic carbocycles. The van der Waals surface area contributed by atoms with Crippen molar-refractivity contribution < 1.29 is 13.9 Å². The molecule has 17 heavy (non-hydrogen) atoms. The quantitative estimate of drug-likeness (QED) is 0.584. The van der Waals surface area contributed by atoms with Crippen molar-refractivity contribution in [2.75, 3.05) is 25.5 Å². The number of halogens is 1. The number of rotatable bonds is 6. The summed E-state index contributed by atoms with van der Waals surface area (Å²) >= 11 is 0. The first kappa shape index (κ1) is 13.2. The molecule has 0 unspecified atom stereocenters. The van der Waals surface area contributed by atoms with Gasteiger partial charge in [0.25, 0.3) is 0 Å². The SMILES string of the molecule is C=CCNCC(=O)Nc1ccc(F)c(OC)c1. The number of ether oxygens (including phenoxy) is 1. The van der Waals surface area contributed by atoms with Gasteiger partial charge >= 0.3 is 0 Å². The van der Waals surface area contributed by atoms with E-state index in [1.165, 1.54) is 25.3 Å². The molecule has 0 spiro atoms. The molecule has 0 bridgehead atoms. The standard InChI is InChI=1S/C12H15FN2O2/c1-3-6-14-8-12(16)15-9-4-5-10(13)11(7-9)17-2/h3-5,7,14H,1,6,8H2,2H3,(H,15,16). The summed E-state index contributed by atoms with van der Waals surface area (Å²) in [6.45, 7) is 4.25. The number of carbonyl (C=O) groups is 1. The fourth-order valence-electron chi connectivity index (χ4n) is 1.23. The van der Waals surface area contributed by atoms with Crippen LogP contribution in [0.1, 0.15) is 0 Å². The minimum Gasteiger partial charge on any atom is -0.494 e. The van der Waals surface area contributed by atoms with E-state index < -0.39 is 5.82 Å². The van der Waals surface area contributed by atoms with E-state index in [1.807, 2.05) is 0 Å². The lowest BCUT2D eigenvalue weighted by atomic mass is 10.3. The Balaban J connectivity index is 2.56. The molecule has 1 amide bonds. The largest absolute Gasteiger partial charge is 0.494 e. The Bertz CT molecular complexity index is 407. The van der Waals surface area contributed by atoms with Crippen LogP contribution in [0.3, 0.4) is 0 Å². The zero-order valence-corrected chi connectivity index (χ0v) is 9.63. The van der Waals surface area contributed by atoms with Crippen molar-refractivity contribution in [1.82, 2.24) is 5.32 Å². The van der Waals surface area contributed by atoms with Gasteiger partial charge in [-0.05, 0) is 12.1 Å². The average molecular weight is 238 g/mol. The summed E-state index contributed by atoms with van der Waals surface area (Å²) in [6.07, 6.45) is 1.66. The van der Waals surface area contributed by atoms with Crippen LogP contribution in [-0.4, -0.2) is 26.1 Å². The molecule has 0 aliphatic heterocycles. The predicted octanol–water partition coefficient (Wildman–Crippen LogP) is 1.55. The highest BCUT2D eigenvalue weighted by Crippen LogP contribution is 2.21. The lowest BCUT2D eigenvalue weighted by Gasteiger charge is -2.08. The first-order chi connectivity index (χ1) is 8.17. The van der Waals surface area contributed by atoms with Gasteiger partial charge in [0, 0.05) is 18.3 Å². The first-order valence-corrected chi connectivity index (χ1v) is 5.12. The Labute approximate surface area is 99.5 Å². The molecule has 0 aromatic heterocycles. The molecular weight excluding hydrogens is 223 g/mol. The van der Waals surface area contributed by atoms with E-state index in [4.69, 9.17) is 4.74 Å². The van der Waals surface area contributed by atoms with Gasteiger partial charge in [-0.3, -0.25) is 4.79 Å². The van der Waals surface area contributed by atoms with E-state index in [0.29, 0.717) is 12.2 Å². The van der Waals surface area contributed by atoms with Gasteiger partial charge in [-0.15, -0.1) is 6.58 Å². The van der Waals surface area contributed by atoms with E-state index in [1.54, 1.807) is 6.08 Å². The van der Waals surface area contributed by atoms with E-state index in [0.717, 1.165) is 0 Å². The van der Waals surface area contributed by atoms with Crippen LogP contribution in [0.2, 0.25) is 0 Å². The van der Waals surface area contributed by atoms with Gasteiger partial charge in [-0.25, -0.2) is 4.39 Å². The van der Waals surface area contributed by atoms with Crippen LogP contribution < -0.4 is 15.4 Å². The summed E-state index contributed by atoms with van der Waals surface area (Å²) in [5.41, 5.74) is 0.494. The number of anilines is 1.